The Morgan fingerprint density at radius 3 is 2.46 bits per heavy atom. The third kappa shape index (κ3) is 4.54. The molecule has 1 amide bonds. The summed E-state index contributed by atoms with van der Waals surface area (Å²) in [5, 5.41) is 6.63. The minimum atomic E-state index is -0.579. The highest BCUT2D eigenvalue weighted by Gasteiger charge is 2.19. The van der Waals surface area contributed by atoms with Crippen molar-refractivity contribution < 1.29 is 4.79 Å². The second-order valence-corrected chi connectivity index (χ2v) is 7.26. The van der Waals surface area contributed by atoms with Gasteiger partial charge in [-0.3, -0.25) is 4.79 Å². The van der Waals surface area contributed by atoms with Gasteiger partial charge in [-0.05, 0) is 62.4 Å². The van der Waals surface area contributed by atoms with Crippen molar-refractivity contribution in [1.82, 2.24) is 15.3 Å². The van der Waals surface area contributed by atoms with E-state index >= 15 is 0 Å². The van der Waals surface area contributed by atoms with Gasteiger partial charge in [0.1, 0.15) is 5.82 Å². The van der Waals surface area contributed by atoms with Gasteiger partial charge in [-0.25, -0.2) is 9.97 Å². The van der Waals surface area contributed by atoms with Crippen molar-refractivity contribution in [3.05, 3.63) is 41.7 Å². The van der Waals surface area contributed by atoms with E-state index < -0.39 is 5.91 Å². The van der Waals surface area contributed by atoms with E-state index in [9.17, 15) is 4.79 Å². The van der Waals surface area contributed by atoms with Gasteiger partial charge in [0.2, 0.25) is 0 Å². The number of anilines is 3. The van der Waals surface area contributed by atoms with Crippen LogP contribution < -0.4 is 21.3 Å². The maximum atomic E-state index is 11.8. The average Bonchev–Trinajstić information content (AvgIpc) is 3.24. The molecule has 0 bridgehead atoms. The van der Waals surface area contributed by atoms with Crippen LogP contribution in [0.25, 0.3) is 0 Å². The molecular weight excluding hydrogens is 376 g/mol. The number of benzene rings is 1. The molecule has 150 valence electrons. The van der Waals surface area contributed by atoms with Gasteiger partial charge >= 0.3 is 0 Å². The molecule has 0 spiro atoms. The number of aromatic nitrogens is 2. The second kappa shape index (κ2) is 9.21. The molecule has 0 aliphatic carbocycles. The van der Waals surface area contributed by atoms with E-state index in [0.29, 0.717) is 11.7 Å². The van der Waals surface area contributed by atoms with Gasteiger partial charge < -0.3 is 21.3 Å². The fraction of sp³-hybridized carbons (Fsp3) is 0.450. The van der Waals surface area contributed by atoms with Crippen LogP contribution in [0.2, 0.25) is 0 Å². The Hall–Kier alpha value is -2.38. The fourth-order valence-electron chi connectivity index (χ4n) is 3.88. The standard InChI is InChI=1S/C20H26N6O.ClH/c21-19(27)18-20(25-17(13-23-18)26-11-1-2-12-26)24-16-5-3-14(4-6-16)15-7-9-22-10-8-15;/h3-6,13,15,22H,1-2,7-12H2,(H2,21,27)(H,24,25);1H. The van der Waals surface area contributed by atoms with E-state index in [1.807, 2.05) is 12.1 Å². The molecule has 4 N–H and O–H groups in total. The molecule has 0 atom stereocenters. The lowest BCUT2D eigenvalue weighted by Gasteiger charge is -2.23. The molecule has 0 unspecified atom stereocenters. The predicted molar refractivity (Wildman–Crippen MR) is 114 cm³/mol. The summed E-state index contributed by atoms with van der Waals surface area (Å²) in [4.78, 5) is 22.8. The third-order valence-corrected chi connectivity index (χ3v) is 5.41. The first kappa shape index (κ1) is 20.4. The summed E-state index contributed by atoms with van der Waals surface area (Å²) in [6.45, 7) is 4.08. The summed E-state index contributed by atoms with van der Waals surface area (Å²) in [6, 6.07) is 8.37. The zero-order valence-corrected chi connectivity index (χ0v) is 16.7. The second-order valence-electron chi connectivity index (χ2n) is 7.26. The molecule has 0 radical (unpaired) electrons. The van der Waals surface area contributed by atoms with Crippen molar-refractivity contribution in [2.24, 2.45) is 5.73 Å². The molecule has 2 saturated heterocycles. The Kier molecular flexibility index (Phi) is 6.70. The third-order valence-electron chi connectivity index (χ3n) is 5.41. The van der Waals surface area contributed by atoms with Crippen LogP contribution >= 0.6 is 12.4 Å². The van der Waals surface area contributed by atoms with Crippen LogP contribution in [0.1, 0.15) is 47.7 Å². The van der Waals surface area contributed by atoms with Gasteiger partial charge in [0.25, 0.3) is 5.91 Å². The van der Waals surface area contributed by atoms with Gasteiger partial charge in [-0.15, -0.1) is 12.4 Å². The number of nitrogens with zero attached hydrogens (tertiary/aromatic N) is 3. The lowest BCUT2D eigenvalue weighted by Crippen LogP contribution is -2.26. The average molecular weight is 403 g/mol. The molecule has 3 heterocycles. The number of hydrogen-bond acceptors (Lipinski definition) is 6. The number of carbonyl (C=O) groups excluding carboxylic acids is 1. The maximum absolute atomic E-state index is 11.8. The van der Waals surface area contributed by atoms with E-state index in [1.165, 1.54) is 18.4 Å². The number of hydrogen-bond donors (Lipinski definition) is 3. The molecule has 8 heteroatoms. The highest BCUT2D eigenvalue weighted by atomic mass is 35.5. The van der Waals surface area contributed by atoms with E-state index in [2.05, 4.69) is 37.6 Å². The largest absolute Gasteiger partial charge is 0.364 e. The molecule has 1 aromatic heterocycles. The molecule has 2 aliphatic heterocycles. The zero-order valence-electron chi connectivity index (χ0n) is 15.9. The lowest BCUT2D eigenvalue weighted by molar-refractivity contribution is 0.0996. The van der Waals surface area contributed by atoms with E-state index in [-0.39, 0.29) is 18.1 Å². The zero-order chi connectivity index (χ0) is 18.6. The Bertz CT molecular complexity index is 801. The van der Waals surface area contributed by atoms with Crippen molar-refractivity contribution in [3.8, 4) is 0 Å². The Morgan fingerprint density at radius 1 is 1.14 bits per heavy atom. The van der Waals surface area contributed by atoms with Crippen LogP contribution in [-0.2, 0) is 0 Å². The normalized spacial score (nSPS) is 17.2. The fourth-order valence-corrected chi connectivity index (χ4v) is 3.88. The molecule has 28 heavy (non-hydrogen) atoms. The Balaban J connectivity index is 0.00000225. The maximum Gasteiger partial charge on any atom is 0.271 e. The molecular formula is C20H27ClN6O. The van der Waals surface area contributed by atoms with Crippen molar-refractivity contribution in [3.63, 3.8) is 0 Å². The van der Waals surface area contributed by atoms with Crippen LogP contribution in [0.5, 0.6) is 0 Å². The number of halogens is 1. The summed E-state index contributed by atoms with van der Waals surface area (Å²) in [5.41, 5.74) is 7.89. The number of rotatable bonds is 5. The summed E-state index contributed by atoms with van der Waals surface area (Å²) in [6.07, 6.45) is 6.28. The van der Waals surface area contributed by atoms with Crippen LogP contribution in [-0.4, -0.2) is 42.1 Å². The first-order chi connectivity index (χ1) is 13.2. The summed E-state index contributed by atoms with van der Waals surface area (Å²) < 4.78 is 0. The SMILES string of the molecule is Cl.NC(=O)c1ncc(N2CCCC2)nc1Nc1ccc(C2CCNCC2)cc1. The highest BCUT2D eigenvalue weighted by Crippen LogP contribution is 2.28. The molecule has 2 aliphatic rings. The topological polar surface area (TPSA) is 96.2 Å². The molecule has 7 nitrogen and oxygen atoms in total. The van der Waals surface area contributed by atoms with E-state index in [4.69, 9.17) is 5.73 Å². The minimum absolute atomic E-state index is 0. The smallest absolute Gasteiger partial charge is 0.271 e. The van der Waals surface area contributed by atoms with Gasteiger partial charge in [-0.2, -0.15) is 0 Å². The summed E-state index contributed by atoms with van der Waals surface area (Å²) >= 11 is 0. The summed E-state index contributed by atoms with van der Waals surface area (Å²) in [7, 11) is 0. The lowest BCUT2D eigenvalue weighted by atomic mass is 9.90. The first-order valence-electron chi connectivity index (χ1n) is 9.70. The minimum Gasteiger partial charge on any atom is -0.364 e. The van der Waals surface area contributed by atoms with Gasteiger partial charge in [0.05, 0.1) is 6.20 Å². The molecule has 2 fully saturated rings. The highest BCUT2D eigenvalue weighted by molar-refractivity contribution is 5.96. The monoisotopic (exact) mass is 402 g/mol. The van der Waals surface area contributed by atoms with Crippen molar-refractivity contribution >= 4 is 35.6 Å². The number of nitrogens with two attached hydrogens (primary N) is 1. The van der Waals surface area contributed by atoms with Crippen LogP contribution in [0.4, 0.5) is 17.3 Å². The van der Waals surface area contributed by atoms with E-state index in [0.717, 1.165) is 50.5 Å². The number of piperidine rings is 1. The molecule has 2 aromatic rings. The van der Waals surface area contributed by atoms with Crippen molar-refractivity contribution in [2.45, 2.75) is 31.6 Å². The molecule has 0 saturated carbocycles. The van der Waals surface area contributed by atoms with Crippen molar-refractivity contribution in [2.75, 3.05) is 36.4 Å². The first-order valence-corrected chi connectivity index (χ1v) is 9.70. The van der Waals surface area contributed by atoms with Crippen LogP contribution in [0.15, 0.2) is 30.5 Å². The predicted octanol–water partition coefficient (Wildman–Crippen LogP) is 2.81. The van der Waals surface area contributed by atoms with Gasteiger partial charge in [0.15, 0.2) is 11.5 Å². The van der Waals surface area contributed by atoms with Gasteiger partial charge in [-0.1, -0.05) is 12.1 Å². The molecule has 4 rings (SSSR count). The number of carbonyl (C=O) groups is 1. The number of primary amides is 1. The van der Waals surface area contributed by atoms with Crippen LogP contribution in [0.3, 0.4) is 0 Å². The number of nitrogens with one attached hydrogen (secondary N) is 2. The Labute approximate surface area is 171 Å². The van der Waals surface area contributed by atoms with Gasteiger partial charge in [0, 0.05) is 18.8 Å². The quantitative estimate of drug-likeness (QED) is 0.711. The summed E-state index contributed by atoms with van der Waals surface area (Å²) in [5.74, 6) is 1.23. The van der Waals surface area contributed by atoms with Crippen molar-refractivity contribution in [1.29, 1.82) is 0 Å². The number of amides is 1. The molecule has 1 aromatic carbocycles. The van der Waals surface area contributed by atoms with Crippen LogP contribution in [0, 0.1) is 0 Å². The van der Waals surface area contributed by atoms with E-state index in [1.54, 1.807) is 6.20 Å². The Morgan fingerprint density at radius 2 is 1.82 bits per heavy atom.